The molecule has 2 atom stereocenters. The molecule has 16 heavy (non-hydrogen) atoms. The zero-order chi connectivity index (χ0) is 11.5. The number of nitrogens with two attached hydrogens (primary N) is 1. The smallest absolute Gasteiger partial charge is 0.227 e. The van der Waals surface area contributed by atoms with Crippen molar-refractivity contribution in [3.8, 4) is 0 Å². The average Bonchev–Trinajstić information content (AvgIpc) is 2.87. The highest BCUT2D eigenvalue weighted by molar-refractivity contribution is 4.93. The van der Waals surface area contributed by atoms with Gasteiger partial charge in [-0.3, -0.25) is 0 Å². The highest BCUT2D eigenvalue weighted by Gasteiger charge is 2.23. The molecule has 90 valence electrons. The molecule has 0 amide bonds. The summed E-state index contributed by atoms with van der Waals surface area (Å²) < 4.78 is 5.20. The van der Waals surface area contributed by atoms with Crippen LogP contribution in [0.25, 0.3) is 0 Å². The number of hydrogen-bond acceptors (Lipinski definition) is 5. The molecule has 5 heteroatoms. The van der Waals surface area contributed by atoms with Crippen molar-refractivity contribution in [1.82, 2.24) is 15.0 Å². The monoisotopic (exact) mass is 224 g/mol. The lowest BCUT2D eigenvalue weighted by Crippen LogP contribution is -2.20. The van der Waals surface area contributed by atoms with Crippen LogP contribution in [0.5, 0.6) is 0 Å². The lowest BCUT2D eigenvalue weighted by Gasteiger charge is -2.11. The SMILES string of the molecule is CCN1CCC(Cc2nc(C(C)N)no2)C1. The van der Waals surface area contributed by atoms with Crippen LogP contribution in [-0.2, 0) is 6.42 Å². The van der Waals surface area contributed by atoms with Crippen LogP contribution in [-0.4, -0.2) is 34.7 Å². The van der Waals surface area contributed by atoms with Crippen molar-refractivity contribution in [2.75, 3.05) is 19.6 Å². The highest BCUT2D eigenvalue weighted by atomic mass is 16.5. The van der Waals surface area contributed by atoms with E-state index in [0.717, 1.165) is 25.4 Å². The third kappa shape index (κ3) is 2.59. The number of aromatic nitrogens is 2. The fourth-order valence-corrected chi connectivity index (χ4v) is 2.15. The topological polar surface area (TPSA) is 68.2 Å². The van der Waals surface area contributed by atoms with E-state index in [1.807, 2.05) is 6.92 Å². The van der Waals surface area contributed by atoms with Gasteiger partial charge < -0.3 is 15.2 Å². The summed E-state index contributed by atoms with van der Waals surface area (Å²) >= 11 is 0. The molecule has 0 saturated carbocycles. The van der Waals surface area contributed by atoms with E-state index < -0.39 is 0 Å². The van der Waals surface area contributed by atoms with Crippen molar-refractivity contribution >= 4 is 0 Å². The van der Waals surface area contributed by atoms with Gasteiger partial charge in [-0.05, 0) is 32.4 Å². The predicted molar refractivity (Wildman–Crippen MR) is 60.8 cm³/mol. The van der Waals surface area contributed by atoms with Crippen LogP contribution < -0.4 is 5.73 Å². The highest BCUT2D eigenvalue weighted by Crippen LogP contribution is 2.20. The predicted octanol–water partition coefficient (Wildman–Crippen LogP) is 0.974. The Balaban J connectivity index is 1.89. The van der Waals surface area contributed by atoms with E-state index >= 15 is 0 Å². The minimum atomic E-state index is -0.145. The van der Waals surface area contributed by atoms with E-state index in [0.29, 0.717) is 11.7 Å². The lowest BCUT2D eigenvalue weighted by atomic mass is 10.1. The van der Waals surface area contributed by atoms with Crippen molar-refractivity contribution in [3.63, 3.8) is 0 Å². The average molecular weight is 224 g/mol. The van der Waals surface area contributed by atoms with Gasteiger partial charge >= 0.3 is 0 Å². The summed E-state index contributed by atoms with van der Waals surface area (Å²) in [4.78, 5) is 6.75. The second-order valence-electron chi connectivity index (χ2n) is 4.59. The van der Waals surface area contributed by atoms with Gasteiger partial charge in [-0.15, -0.1) is 0 Å². The lowest BCUT2D eigenvalue weighted by molar-refractivity contribution is 0.321. The Morgan fingerprint density at radius 3 is 3.00 bits per heavy atom. The molecule has 0 radical (unpaired) electrons. The third-order valence-corrected chi connectivity index (χ3v) is 3.17. The Labute approximate surface area is 96.0 Å². The van der Waals surface area contributed by atoms with Gasteiger partial charge in [0.15, 0.2) is 5.82 Å². The zero-order valence-electron chi connectivity index (χ0n) is 10.0. The molecule has 1 saturated heterocycles. The van der Waals surface area contributed by atoms with E-state index in [-0.39, 0.29) is 6.04 Å². The van der Waals surface area contributed by atoms with Gasteiger partial charge in [0.25, 0.3) is 0 Å². The Bertz CT molecular complexity index is 336. The van der Waals surface area contributed by atoms with Crippen LogP contribution in [0.3, 0.4) is 0 Å². The van der Waals surface area contributed by atoms with Gasteiger partial charge in [-0.2, -0.15) is 4.98 Å². The molecule has 1 aliphatic heterocycles. The van der Waals surface area contributed by atoms with E-state index in [4.69, 9.17) is 10.3 Å². The van der Waals surface area contributed by atoms with Crippen LogP contribution in [0.15, 0.2) is 4.52 Å². The largest absolute Gasteiger partial charge is 0.339 e. The van der Waals surface area contributed by atoms with Crippen LogP contribution in [0.2, 0.25) is 0 Å². The molecule has 2 N–H and O–H groups in total. The zero-order valence-corrected chi connectivity index (χ0v) is 10.0. The van der Waals surface area contributed by atoms with Crippen molar-refractivity contribution in [1.29, 1.82) is 0 Å². The first kappa shape index (κ1) is 11.5. The molecule has 5 nitrogen and oxygen atoms in total. The van der Waals surface area contributed by atoms with Crippen LogP contribution in [0.1, 0.15) is 38.0 Å². The van der Waals surface area contributed by atoms with Gasteiger partial charge in [-0.25, -0.2) is 0 Å². The maximum Gasteiger partial charge on any atom is 0.227 e. The summed E-state index contributed by atoms with van der Waals surface area (Å²) in [6.45, 7) is 7.53. The van der Waals surface area contributed by atoms with Gasteiger partial charge in [0.05, 0.1) is 6.04 Å². The number of rotatable bonds is 4. The van der Waals surface area contributed by atoms with Gasteiger partial charge in [0, 0.05) is 13.0 Å². The maximum absolute atomic E-state index is 5.69. The number of nitrogens with zero attached hydrogens (tertiary/aromatic N) is 3. The Morgan fingerprint density at radius 1 is 1.62 bits per heavy atom. The van der Waals surface area contributed by atoms with Gasteiger partial charge in [0.2, 0.25) is 5.89 Å². The Morgan fingerprint density at radius 2 is 2.44 bits per heavy atom. The second-order valence-corrected chi connectivity index (χ2v) is 4.59. The van der Waals surface area contributed by atoms with Crippen molar-refractivity contribution in [2.45, 2.75) is 32.7 Å². The first-order chi connectivity index (χ1) is 7.69. The summed E-state index contributed by atoms with van der Waals surface area (Å²) in [7, 11) is 0. The molecular weight excluding hydrogens is 204 g/mol. The minimum absolute atomic E-state index is 0.145. The fourth-order valence-electron chi connectivity index (χ4n) is 2.15. The van der Waals surface area contributed by atoms with E-state index in [1.165, 1.54) is 13.0 Å². The Hall–Kier alpha value is -0.940. The van der Waals surface area contributed by atoms with E-state index in [2.05, 4.69) is 22.0 Å². The summed E-state index contributed by atoms with van der Waals surface area (Å²) in [5, 5.41) is 3.87. The summed E-state index contributed by atoms with van der Waals surface area (Å²) in [6, 6.07) is -0.145. The summed E-state index contributed by atoms with van der Waals surface area (Å²) in [5.41, 5.74) is 5.69. The molecule has 0 spiro atoms. The first-order valence-corrected chi connectivity index (χ1v) is 5.99. The van der Waals surface area contributed by atoms with Crippen LogP contribution >= 0.6 is 0 Å². The number of hydrogen-bond donors (Lipinski definition) is 1. The second kappa shape index (κ2) is 4.93. The van der Waals surface area contributed by atoms with Crippen molar-refractivity contribution in [2.24, 2.45) is 11.7 Å². The molecule has 0 aliphatic carbocycles. The van der Waals surface area contributed by atoms with Gasteiger partial charge in [-0.1, -0.05) is 12.1 Å². The molecule has 2 rings (SSSR count). The molecule has 0 bridgehead atoms. The van der Waals surface area contributed by atoms with E-state index in [9.17, 15) is 0 Å². The Kier molecular flexibility index (Phi) is 3.56. The summed E-state index contributed by atoms with van der Waals surface area (Å²) in [6.07, 6.45) is 2.11. The standard InChI is InChI=1S/C11H20N4O/c1-3-15-5-4-9(7-15)6-10-13-11(8(2)12)14-16-10/h8-9H,3-7,12H2,1-2H3. The molecule has 1 aromatic rings. The van der Waals surface area contributed by atoms with Gasteiger partial charge in [0.1, 0.15) is 0 Å². The van der Waals surface area contributed by atoms with E-state index in [1.54, 1.807) is 0 Å². The summed E-state index contributed by atoms with van der Waals surface area (Å²) in [5.74, 6) is 2.00. The molecular formula is C11H20N4O. The fraction of sp³-hybridized carbons (Fsp3) is 0.818. The molecule has 1 aromatic heterocycles. The van der Waals surface area contributed by atoms with Crippen LogP contribution in [0, 0.1) is 5.92 Å². The normalized spacial score (nSPS) is 23.8. The molecule has 2 heterocycles. The minimum Gasteiger partial charge on any atom is -0.339 e. The quantitative estimate of drug-likeness (QED) is 0.825. The third-order valence-electron chi connectivity index (χ3n) is 3.17. The molecule has 2 unspecified atom stereocenters. The maximum atomic E-state index is 5.69. The molecule has 1 aliphatic rings. The molecule has 0 aromatic carbocycles. The number of likely N-dealkylation sites (tertiary alicyclic amines) is 1. The van der Waals surface area contributed by atoms with Crippen LogP contribution in [0.4, 0.5) is 0 Å². The first-order valence-electron chi connectivity index (χ1n) is 5.99. The molecule has 1 fully saturated rings. The van der Waals surface area contributed by atoms with Crippen molar-refractivity contribution < 1.29 is 4.52 Å². The van der Waals surface area contributed by atoms with Crippen molar-refractivity contribution in [3.05, 3.63) is 11.7 Å².